The number of hydrogen-bond acceptors (Lipinski definition) is 3. The maximum atomic E-state index is 13.5. The maximum absolute atomic E-state index is 13.5. The molecule has 0 saturated carbocycles. The molecule has 0 aromatic heterocycles. The van der Waals surface area contributed by atoms with Crippen LogP contribution in [0.25, 0.3) is 0 Å². The Labute approximate surface area is 187 Å². The standard InChI is InChI=1S/C24H23ClN2O3S/c1-2-17-6-5-9-21(14-17)26-24(28)23-15-18-7-3-4-8-19(18)16-27(23)31(29,30)22-12-10-20(25)11-13-22/h3-14,23H,2,15-16H2,1H3,(H,26,28)/t23-/m0/s1. The third kappa shape index (κ3) is 4.51. The Balaban J connectivity index is 1.70. The van der Waals surface area contributed by atoms with Crippen LogP contribution in [0.1, 0.15) is 23.6 Å². The minimum atomic E-state index is -3.91. The van der Waals surface area contributed by atoms with Crippen molar-refractivity contribution in [3.63, 3.8) is 0 Å². The monoisotopic (exact) mass is 454 g/mol. The van der Waals surface area contributed by atoms with E-state index in [1.807, 2.05) is 55.5 Å². The molecule has 1 heterocycles. The predicted molar refractivity (Wildman–Crippen MR) is 123 cm³/mol. The first kappa shape index (κ1) is 21.6. The van der Waals surface area contributed by atoms with Crippen LogP contribution in [0, 0.1) is 0 Å². The van der Waals surface area contributed by atoms with E-state index in [0.29, 0.717) is 17.1 Å². The molecule has 5 nitrogen and oxygen atoms in total. The molecule has 0 spiro atoms. The quantitative estimate of drug-likeness (QED) is 0.609. The lowest BCUT2D eigenvalue weighted by atomic mass is 9.95. The zero-order chi connectivity index (χ0) is 22.0. The van der Waals surface area contributed by atoms with Crippen molar-refractivity contribution in [2.75, 3.05) is 5.32 Å². The SMILES string of the molecule is CCc1cccc(NC(=O)[C@@H]2Cc3ccccc3CN2S(=O)(=O)c2ccc(Cl)cc2)c1. The van der Waals surface area contributed by atoms with Gasteiger partial charge in [0.05, 0.1) is 4.90 Å². The summed E-state index contributed by atoms with van der Waals surface area (Å²) in [5.74, 6) is -0.347. The van der Waals surface area contributed by atoms with Crippen molar-refractivity contribution < 1.29 is 13.2 Å². The molecule has 7 heteroatoms. The number of carbonyl (C=O) groups is 1. The summed E-state index contributed by atoms with van der Waals surface area (Å²) in [6.45, 7) is 2.17. The largest absolute Gasteiger partial charge is 0.325 e. The van der Waals surface area contributed by atoms with Crippen LogP contribution in [0.2, 0.25) is 5.02 Å². The lowest BCUT2D eigenvalue weighted by Gasteiger charge is -2.35. The van der Waals surface area contributed by atoms with Crippen LogP contribution in [-0.4, -0.2) is 24.7 Å². The van der Waals surface area contributed by atoms with Gasteiger partial charge in [-0.15, -0.1) is 0 Å². The van der Waals surface area contributed by atoms with Gasteiger partial charge in [-0.05, 0) is 65.9 Å². The molecule has 1 aliphatic rings. The number of hydrogen-bond donors (Lipinski definition) is 1. The zero-order valence-corrected chi connectivity index (χ0v) is 18.7. The summed E-state index contributed by atoms with van der Waals surface area (Å²) < 4.78 is 28.2. The highest BCUT2D eigenvalue weighted by Crippen LogP contribution is 2.30. The summed E-state index contributed by atoms with van der Waals surface area (Å²) in [7, 11) is -3.91. The van der Waals surface area contributed by atoms with Crippen molar-refractivity contribution in [3.8, 4) is 0 Å². The van der Waals surface area contributed by atoms with Gasteiger partial charge in [0, 0.05) is 17.3 Å². The molecule has 31 heavy (non-hydrogen) atoms. The summed E-state index contributed by atoms with van der Waals surface area (Å²) >= 11 is 5.94. The molecule has 0 radical (unpaired) electrons. The van der Waals surface area contributed by atoms with Crippen LogP contribution >= 0.6 is 11.6 Å². The second-order valence-corrected chi connectivity index (χ2v) is 9.86. The van der Waals surface area contributed by atoms with Gasteiger partial charge in [-0.1, -0.05) is 54.9 Å². The van der Waals surface area contributed by atoms with Crippen LogP contribution in [0.15, 0.2) is 77.7 Å². The first-order valence-electron chi connectivity index (χ1n) is 10.1. The van der Waals surface area contributed by atoms with Gasteiger partial charge in [-0.2, -0.15) is 4.31 Å². The molecule has 160 valence electrons. The smallest absolute Gasteiger partial charge is 0.244 e. The Morgan fingerprint density at radius 2 is 1.74 bits per heavy atom. The number of benzene rings is 3. The first-order valence-corrected chi connectivity index (χ1v) is 11.9. The van der Waals surface area contributed by atoms with Crippen molar-refractivity contribution >= 4 is 33.2 Å². The first-order chi connectivity index (χ1) is 14.9. The Bertz CT molecular complexity index is 1210. The van der Waals surface area contributed by atoms with E-state index in [1.54, 1.807) is 0 Å². The lowest BCUT2D eigenvalue weighted by Crippen LogP contribution is -2.50. The molecule has 1 N–H and O–H groups in total. The molecular weight excluding hydrogens is 432 g/mol. The van der Waals surface area contributed by atoms with E-state index in [4.69, 9.17) is 11.6 Å². The van der Waals surface area contributed by atoms with Crippen LogP contribution in [0.3, 0.4) is 0 Å². The van der Waals surface area contributed by atoms with E-state index < -0.39 is 16.1 Å². The maximum Gasteiger partial charge on any atom is 0.244 e. The van der Waals surface area contributed by atoms with Gasteiger partial charge < -0.3 is 5.32 Å². The van der Waals surface area contributed by atoms with Crippen molar-refractivity contribution in [3.05, 3.63) is 94.5 Å². The molecule has 3 aromatic rings. The number of amides is 1. The van der Waals surface area contributed by atoms with Gasteiger partial charge in [0.15, 0.2) is 0 Å². The normalized spacial score (nSPS) is 16.5. The minimum absolute atomic E-state index is 0.113. The van der Waals surface area contributed by atoms with E-state index in [0.717, 1.165) is 23.1 Å². The van der Waals surface area contributed by atoms with E-state index in [9.17, 15) is 13.2 Å². The third-order valence-corrected chi connectivity index (χ3v) is 7.65. The number of carbonyl (C=O) groups excluding carboxylic acids is 1. The number of nitrogens with one attached hydrogen (secondary N) is 1. The van der Waals surface area contributed by atoms with Gasteiger partial charge in [-0.3, -0.25) is 4.79 Å². The number of halogens is 1. The Hall–Kier alpha value is -2.67. The van der Waals surface area contributed by atoms with Gasteiger partial charge in [0.1, 0.15) is 6.04 Å². The molecule has 0 aliphatic carbocycles. The molecule has 1 atom stereocenters. The van der Waals surface area contributed by atoms with Crippen LogP contribution in [0.4, 0.5) is 5.69 Å². The fraction of sp³-hybridized carbons (Fsp3) is 0.208. The molecular formula is C24H23ClN2O3S. The van der Waals surface area contributed by atoms with E-state index in [-0.39, 0.29) is 17.3 Å². The summed E-state index contributed by atoms with van der Waals surface area (Å²) in [4.78, 5) is 13.4. The average Bonchev–Trinajstić information content (AvgIpc) is 2.78. The van der Waals surface area contributed by atoms with E-state index in [1.165, 1.54) is 28.6 Å². The fourth-order valence-corrected chi connectivity index (χ4v) is 5.50. The van der Waals surface area contributed by atoms with Crippen LogP contribution in [-0.2, 0) is 34.2 Å². The molecule has 1 amide bonds. The molecule has 0 unspecified atom stereocenters. The molecule has 4 rings (SSSR count). The highest BCUT2D eigenvalue weighted by atomic mass is 35.5. The van der Waals surface area contributed by atoms with Gasteiger partial charge in [0.25, 0.3) is 0 Å². The van der Waals surface area contributed by atoms with E-state index in [2.05, 4.69) is 5.32 Å². The highest BCUT2D eigenvalue weighted by Gasteiger charge is 2.39. The molecule has 0 saturated heterocycles. The third-order valence-electron chi connectivity index (χ3n) is 5.53. The minimum Gasteiger partial charge on any atom is -0.325 e. The van der Waals surface area contributed by atoms with Crippen molar-refractivity contribution in [1.82, 2.24) is 4.31 Å². The van der Waals surface area contributed by atoms with Crippen LogP contribution in [0.5, 0.6) is 0 Å². The number of aryl methyl sites for hydroxylation is 1. The Morgan fingerprint density at radius 1 is 1.03 bits per heavy atom. The van der Waals surface area contributed by atoms with Gasteiger partial charge in [-0.25, -0.2) is 8.42 Å². The van der Waals surface area contributed by atoms with Crippen LogP contribution < -0.4 is 5.32 Å². The summed E-state index contributed by atoms with van der Waals surface area (Å²) in [5, 5.41) is 3.37. The number of sulfonamides is 1. The summed E-state index contributed by atoms with van der Waals surface area (Å²) in [6, 6.07) is 20.4. The number of fused-ring (bicyclic) bond motifs is 1. The summed E-state index contributed by atoms with van der Waals surface area (Å²) in [6.07, 6.45) is 1.15. The Morgan fingerprint density at radius 3 is 2.45 bits per heavy atom. The average molecular weight is 455 g/mol. The van der Waals surface area contributed by atoms with E-state index >= 15 is 0 Å². The lowest BCUT2D eigenvalue weighted by molar-refractivity contribution is -0.120. The number of rotatable bonds is 5. The molecule has 3 aromatic carbocycles. The molecule has 0 fully saturated rings. The van der Waals surface area contributed by atoms with Gasteiger partial charge in [0.2, 0.25) is 15.9 Å². The second-order valence-electron chi connectivity index (χ2n) is 7.54. The van der Waals surface area contributed by atoms with Gasteiger partial charge >= 0.3 is 0 Å². The molecule has 0 bridgehead atoms. The van der Waals surface area contributed by atoms with Crippen molar-refractivity contribution in [1.29, 1.82) is 0 Å². The van der Waals surface area contributed by atoms with Crippen molar-refractivity contribution in [2.45, 2.75) is 37.2 Å². The number of anilines is 1. The summed E-state index contributed by atoms with van der Waals surface area (Å²) in [5.41, 5.74) is 3.63. The molecule has 1 aliphatic heterocycles. The predicted octanol–water partition coefficient (Wildman–Crippen LogP) is 4.66. The Kier molecular flexibility index (Phi) is 6.14. The van der Waals surface area contributed by atoms with Crippen molar-refractivity contribution in [2.24, 2.45) is 0 Å². The zero-order valence-electron chi connectivity index (χ0n) is 17.1. The fourth-order valence-electron chi connectivity index (χ4n) is 3.81. The second kappa shape index (κ2) is 8.83. The topological polar surface area (TPSA) is 66.5 Å². The number of nitrogens with zero attached hydrogens (tertiary/aromatic N) is 1. The highest BCUT2D eigenvalue weighted by molar-refractivity contribution is 7.89.